The number of hydrogen-bond donors (Lipinski definition) is 1. The summed E-state index contributed by atoms with van der Waals surface area (Å²) in [7, 11) is 2.00. The molecule has 1 N–H and O–H groups in total. The zero-order valence-corrected chi connectivity index (χ0v) is 14.6. The lowest BCUT2D eigenvalue weighted by atomic mass is 10.2. The molecule has 2 aromatic carbocycles. The van der Waals surface area contributed by atoms with Gasteiger partial charge in [-0.1, -0.05) is 54.1 Å². The number of aromatic nitrogens is 1. The van der Waals surface area contributed by atoms with E-state index in [4.69, 9.17) is 11.6 Å². The minimum absolute atomic E-state index is 0.190. The molecule has 0 radical (unpaired) electrons. The lowest BCUT2D eigenvalue weighted by molar-refractivity contribution is 0.102. The summed E-state index contributed by atoms with van der Waals surface area (Å²) in [5, 5.41) is 3.12. The summed E-state index contributed by atoms with van der Waals surface area (Å²) >= 11 is 6.01. The first-order valence-corrected chi connectivity index (χ1v) is 8.29. The SMILES string of the molecule is CN(Cc1ccccc1)c1ccccc1NC(=O)c1cccnc1Cl. The van der Waals surface area contributed by atoms with Gasteiger partial charge in [0.25, 0.3) is 5.91 Å². The molecular weight excluding hydrogens is 334 g/mol. The first-order chi connectivity index (χ1) is 12.1. The van der Waals surface area contributed by atoms with E-state index < -0.39 is 0 Å². The van der Waals surface area contributed by atoms with E-state index in [1.807, 2.05) is 49.5 Å². The molecule has 1 heterocycles. The van der Waals surface area contributed by atoms with Crippen molar-refractivity contribution < 1.29 is 4.79 Å². The molecule has 1 amide bonds. The Morgan fingerprint density at radius 3 is 2.52 bits per heavy atom. The topological polar surface area (TPSA) is 45.2 Å². The van der Waals surface area contributed by atoms with Crippen molar-refractivity contribution in [1.82, 2.24) is 4.98 Å². The van der Waals surface area contributed by atoms with E-state index in [1.165, 1.54) is 5.56 Å². The molecule has 3 rings (SSSR count). The summed E-state index contributed by atoms with van der Waals surface area (Å²) in [6.45, 7) is 0.737. The number of benzene rings is 2. The molecule has 0 saturated carbocycles. The fourth-order valence-corrected chi connectivity index (χ4v) is 2.80. The molecule has 1 aromatic heterocycles. The van der Waals surface area contributed by atoms with Crippen molar-refractivity contribution >= 4 is 28.9 Å². The third-order valence-corrected chi connectivity index (χ3v) is 4.13. The van der Waals surface area contributed by atoms with Gasteiger partial charge in [0.05, 0.1) is 16.9 Å². The molecule has 0 bridgehead atoms. The van der Waals surface area contributed by atoms with Crippen LogP contribution < -0.4 is 10.2 Å². The Kier molecular flexibility index (Phi) is 5.31. The molecule has 0 aliphatic rings. The van der Waals surface area contributed by atoms with Crippen molar-refractivity contribution in [3.63, 3.8) is 0 Å². The molecule has 25 heavy (non-hydrogen) atoms. The highest BCUT2D eigenvalue weighted by Crippen LogP contribution is 2.27. The van der Waals surface area contributed by atoms with Gasteiger partial charge in [-0.2, -0.15) is 0 Å². The van der Waals surface area contributed by atoms with Crippen molar-refractivity contribution in [2.24, 2.45) is 0 Å². The minimum Gasteiger partial charge on any atom is -0.369 e. The second-order valence-corrected chi connectivity index (χ2v) is 6.01. The third kappa shape index (κ3) is 4.17. The molecule has 0 unspecified atom stereocenters. The zero-order chi connectivity index (χ0) is 17.6. The van der Waals surface area contributed by atoms with Gasteiger partial charge in [-0.15, -0.1) is 0 Å². The van der Waals surface area contributed by atoms with E-state index in [0.717, 1.165) is 17.9 Å². The van der Waals surface area contributed by atoms with Gasteiger partial charge in [-0.25, -0.2) is 4.98 Å². The van der Waals surface area contributed by atoms with Gasteiger partial charge >= 0.3 is 0 Å². The van der Waals surface area contributed by atoms with Gasteiger partial charge in [-0.3, -0.25) is 4.79 Å². The predicted octanol–water partition coefficient (Wildman–Crippen LogP) is 4.62. The van der Waals surface area contributed by atoms with Crippen LogP contribution in [0.3, 0.4) is 0 Å². The Labute approximate surface area is 152 Å². The van der Waals surface area contributed by atoms with E-state index in [-0.39, 0.29) is 11.1 Å². The van der Waals surface area contributed by atoms with E-state index in [9.17, 15) is 4.79 Å². The van der Waals surface area contributed by atoms with Gasteiger partial charge in [-0.05, 0) is 29.8 Å². The Bertz CT molecular complexity index is 868. The average molecular weight is 352 g/mol. The lowest BCUT2D eigenvalue weighted by Crippen LogP contribution is -2.20. The molecule has 0 aliphatic heterocycles. The van der Waals surface area contributed by atoms with Crippen molar-refractivity contribution in [2.45, 2.75) is 6.54 Å². The highest BCUT2D eigenvalue weighted by molar-refractivity contribution is 6.33. The quantitative estimate of drug-likeness (QED) is 0.682. The van der Waals surface area contributed by atoms with Crippen LogP contribution in [0, 0.1) is 0 Å². The van der Waals surface area contributed by atoms with Crippen LogP contribution in [0.2, 0.25) is 5.15 Å². The number of nitrogens with zero attached hydrogens (tertiary/aromatic N) is 2. The van der Waals surface area contributed by atoms with Crippen molar-refractivity contribution in [3.8, 4) is 0 Å². The van der Waals surface area contributed by atoms with Crippen LogP contribution in [0.5, 0.6) is 0 Å². The highest BCUT2D eigenvalue weighted by Gasteiger charge is 2.14. The maximum Gasteiger partial charge on any atom is 0.258 e. The summed E-state index contributed by atoms with van der Waals surface area (Å²) < 4.78 is 0. The summed E-state index contributed by atoms with van der Waals surface area (Å²) in [4.78, 5) is 18.6. The van der Waals surface area contributed by atoms with E-state index in [0.29, 0.717) is 5.56 Å². The molecule has 0 aliphatic carbocycles. The smallest absolute Gasteiger partial charge is 0.258 e. The number of carbonyl (C=O) groups is 1. The standard InChI is InChI=1S/C20H18ClN3O/c1-24(14-15-8-3-2-4-9-15)18-12-6-5-11-17(18)23-20(25)16-10-7-13-22-19(16)21/h2-13H,14H2,1H3,(H,23,25). The number of halogens is 1. The van der Waals surface area contributed by atoms with Crippen molar-refractivity contribution in [3.05, 3.63) is 89.2 Å². The Morgan fingerprint density at radius 1 is 1.04 bits per heavy atom. The predicted molar refractivity (Wildman–Crippen MR) is 102 cm³/mol. The summed E-state index contributed by atoms with van der Waals surface area (Å²) in [5.41, 5.74) is 3.21. The largest absolute Gasteiger partial charge is 0.369 e. The maximum atomic E-state index is 12.5. The average Bonchev–Trinajstić information content (AvgIpc) is 2.63. The molecule has 0 fully saturated rings. The fraction of sp³-hybridized carbons (Fsp3) is 0.100. The first kappa shape index (κ1) is 17.0. The van der Waals surface area contributed by atoms with Crippen LogP contribution in [-0.2, 0) is 6.54 Å². The second kappa shape index (κ2) is 7.81. The Balaban J connectivity index is 1.81. The molecule has 0 spiro atoms. The van der Waals surface area contributed by atoms with Crippen LogP contribution in [-0.4, -0.2) is 17.9 Å². The minimum atomic E-state index is -0.279. The molecule has 0 saturated heterocycles. The van der Waals surface area contributed by atoms with Crippen LogP contribution in [0.1, 0.15) is 15.9 Å². The van der Waals surface area contributed by atoms with E-state index in [2.05, 4.69) is 27.3 Å². The number of nitrogens with one attached hydrogen (secondary N) is 1. The maximum absolute atomic E-state index is 12.5. The number of anilines is 2. The van der Waals surface area contributed by atoms with E-state index in [1.54, 1.807) is 18.3 Å². The molecule has 3 aromatic rings. The monoisotopic (exact) mass is 351 g/mol. The number of pyridine rings is 1. The van der Waals surface area contributed by atoms with Crippen LogP contribution in [0.15, 0.2) is 72.9 Å². The molecule has 0 atom stereocenters. The van der Waals surface area contributed by atoms with Gasteiger partial charge in [0.15, 0.2) is 0 Å². The third-order valence-electron chi connectivity index (χ3n) is 3.83. The van der Waals surface area contributed by atoms with Crippen LogP contribution in [0.4, 0.5) is 11.4 Å². The Morgan fingerprint density at radius 2 is 1.76 bits per heavy atom. The molecular formula is C20H18ClN3O. The van der Waals surface area contributed by atoms with Gasteiger partial charge < -0.3 is 10.2 Å². The van der Waals surface area contributed by atoms with Crippen LogP contribution >= 0.6 is 11.6 Å². The van der Waals surface area contributed by atoms with E-state index >= 15 is 0 Å². The van der Waals surface area contributed by atoms with Gasteiger partial charge in [0.2, 0.25) is 0 Å². The molecule has 126 valence electrons. The van der Waals surface area contributed by atoms with Gasteiger partial charge in [0.1, 0.15) is 5.15 Å². The number of rotatable bonds is 5. The summed E-state index contributed by atoms with van der Waals surface area (Å²) in [6.07, 6.45) is 1.56. The fourth-order valence-electron chi connectivity index (χ4n) is 2.60. The number of para-hydroxylation sites is 2. The molecule has 5 heteroatoms. The lowest BCUT2D eigenvalue weighted by Gasteiger charge is -2.23. The number of amides is 1. The highest BCUT2D eigenvalue weighted by atomic mass is 35.5. The van der Waals surface area contributed by atoms with Crippen LogP contribution in [0.25, 0.3) is 0 Å². The Hall–Kier alpha value is -2.85. The van der Waals surface area contributed by atoms with Crippen molar-refractivity contribution in [1.29, 1.82) is 0 Å². The number of carbonyl (C=O) groups excluding carboxylic acids is 1. The number of hydrogen-bond acceptors (Lipinski definition) is 3. The summed E-state index contributed by atoms with van der Waals surface area (Å²) in [6, 6.07) is 21.2. The zero-order valence-electron chi connectivity index (χ0n) is 13.8. The summed E-state index contributed by atoms with van der Waals surface area (Å²) in [5.74, 6) is -0.279. The first-order valence-electron chi connectivity index (χ1n) is 7.91. The van der Waals surface area contributed by atoms with Gasteiger partial charge in [0, 0.05) is 19.8 Å². The second-order valence-electron chi connectivity index (χ2n) is 5.65. The normalized spacial score (nSPS) is 10.3. The molecule has 4 nitrogen and oxygen atoms in total. The van der Waals surface area contributed by atoms with Crippen molar-refractivity contribution in [2.75, 3.05) is 17.3 Å².